The molecule has 2 aliphatic heterocycles. The SMILES string of the molecule is CC(=O)O.CC(=O)O.CC(=O)O.CC(C)(C)c1cc2c3nc(c(-c4ccccc4)c4ccc([n-]4)c4cc(C(C)(C)C)cc(c4O)c4ccc5ccc6ccc(nc6c5n4)c(c1)c2O)C=C3.CC(C)(C)c1cc2c3nc(c(-c4ccccc4)c4ccc([nH]4)c4cc(C(C)(C)C)cc(c4O)c4ccc5ccc6ccc(nc6c5n4)c(c1)c2O)C=C3.[Co].[Co].[Co]. The number of carbonyl (C=O) groups is 3. The van der Waals surface area contributed by atoms with Gasteiger partial charge in [-0.25, -0.2) is 29.9 Å². The first kappa shape index (κ1) is 89.2. The molecule has 0 unspecified atom stereocenters. The van der Waals surface area contributed by atoms with E-state index in [1.807, 2.05) is 176 Å². The Kier molecular flexibility index (Phi) is 25.8. The smallest absolute Gasteiger partial charge is 0.300 e. The third-order valence-electron chi connectivity index (χ3n) is 20.9. The molecule has 0 saturated carbocycles. The summed E-state index contributed by atoms with van der Waals surface area (Å²) in [7, 11) is 0. The normalized spacial score (nSPS) is 11.8. The number of phenols is 4. The minimum Gasteiger partial charge on any atom is -0.657 e. The molecule has 121 heavy (non-hydrogen) atoms. The molecule has 0 spiro atoms. The largest absolute Gasteiger partial charge is 0.657 e. The minimum absolute atomic E-state index is 0. The molecule has 18 nitrogen and oxygen atoms in total. The molecule has 619 valence electrons. The molecule has 0 atom stereocenters. The van der Waals surface area contributed by atoms with E-state index in [2.05, 4.69) is 143 Å². The summed E-state index contributed by atoms with van der Waals surface area (Å²) in [5, 5.41) is 79.6. The Labute approximate surface area is 730 Å². The summed E-state index contributed by atoms with van der Waals surface area (Å²) in [6.45, 7) is 29.3. The second-order valence-corrected chi connectivity index (χ2v) is 33.9. The van der Waals surface area contributed by atoms with Gasteiger partial charge < -0.3 is 45.7 Å². The van der Waals surface area contributed by atoms with Gasteiger partial charge in [-0.2, -0.15) is 0 Å². The molecular weight excluding hydrogens is 1650 g/mol. The maximum atomic E-state index is 12.1. The van der Waals surface area contributed by atoms with Crippen LogP contribution in [0.4, 0.5) is 0 Å². The fourth-order valence-corrected chi connectivity index (χ4v) is 14.7. The van der Waals surface area contributed by atoms with Gasteiger partial charge in [-0.1, -0.05) is 204 Å². The van der Waals surface area contributed by atoms with Crippen LogP contribution in [0.15, 0.2) is 206 Å². The topological polar surface area (TPSA) is 300 Å². The number of fused-ring (bicyclic) bond motifs is 28. The Balaban J connectivity index is 0.000000204. The number of carboxylic acids is 3. The van der Waals surface area contributed by atoms with Crippen molar-refractivity contribution in [3.63, 3.8) is 0 Å². The van der Waals surface area contributed by atoms with Crippen LogP contribution in [0.2, 0.25) is 0 Å². The van der Waals surface area contributed by atoms with Crippen LogP contribution in [0.1, 0.15) is 149 Å². The van der Waals surface area contributed by atoms with Crippen molar-refractivity contribution in [2.24, 2.45) is 0 Å². The van der Waals surface area contributed by atoms with Crippen molar-refractivity contribution in [1.82, 2.24) is 39.9 Å². The number of aromatic hydroxyl groups is 4. The van der Waals surface area contributed by atoms with E-state index in [4.69, 9.17) is 64.6 Å². The molecule has 24 bridgehead atoms. The Bertz CT molecular complexity index is 6730. The second-order valence-electron chi connectivity index (χ2n) is 33.9. The van der Waals surface area contributed by atoms with Gasteiger partial charge in [0.2, 0.25) is 0 Å². The van der Waals surface area contributed by atoms with Gasteiger partial charge >= 0.3 is 0 Å². The van der Waals surface area contributed by atoms with E-state index in [1.165, 1.54) is 0 Å². The number of benzene rings is 8. The summed E-state index contributed by atoms with van der Waals surface area (Å²) in [4.78, 5) is 67.1. The predicted molar refractivity (Wildman–Crippen MR) is 480 cm³/mol. The predicted octanol–water partition coefficient (Wildman–Crippen LogP) is 23.8. The van der Waals surface area contributed by atoms with E-state index in [-0.39, 0.29) is 95.0 Å². The monoisotopic (exact) mass is 1740 g/mol. The number of hydrogen-bond acceptors (Lipinski definition) is 13. The fraction of sp³-hybridized carbons (Fsp3) is 0.190. The van der Waals surface area contributed by atoms with Crippen LogP contribution < -0.4 is 4.98 Å². The van der Waals surface area contributed by atoms with Gasteiger partial charge in [0.1, 0.15) is 23.0 Å². The molecule has 8 N–H and O–H groups in total. The number of phenolic OH excluding ortho intramolecular Hbond substituents is 4. The number of aromatic amines is 1. The van der Waals surface area contributed by atoms with Gasteiger partial charge in [-0.3, -0.25) is 14.4 Å². The van der Waals surface area contributed by atoms with Gasteiger partial charge in [0, 0.05) is 152 Å². The number of nitrogens with zero attached hydrogens (tertiary/aromatic N) is 7. The number of carboxylic acid groups (broad SMARTS) is 3. The average Bonchev–Trinajstić information content (AvgIpc) is 1.28. The summed E-state index contributed by atoms with van der Waals surface area (Å²) in [6.07, 6.45) is 7.94. The molecule has 21 heteroatoms. The Hall–Kier alpha value is -12.6. The van der Waals surface area contributed by atoms with E-state index in [9.17, 15) is 20.4 Å². The number of H-pyrrole nitrogens is 1. The number of nitrogens with one attached hydrogen (secondary N) is 1. The van der Waals surface area contributed by atoms with E-state index < -0.39 is 17.9 Å². The molecule has 8 aromatic carbocycles. The zero-order valence-corrected chi connectivity index (χ0v) is 72.5. The molecule has 0 fully saturated rings. The first-order chi connectivity index (χ1) is 55.9. The molecule has 0 saturated heterocycles. The molecule has 8 aromatic heterocycles. The van der Waals surface area contributed by atoms with Crippen LogP contribution in [0.25, 0.3) is 177 Å². The maximum Gasteiger partial charge on any atom is 0.300 e. The van der Waals surface area contributed by atoms with Gasteiger partial charge in [0.25, 0.3) is 17.9 Å². The van der Waals surface area contributed by atoms with Gasteiger partial charge in [0.05, 0.1) is 66.9 Å². The van der Waals surface area contributed by atoms with E-state index >= 15 is 0 Å². The first-order valence-electron chi connectivity index (χ1n) is 38.9. The molecular formula is C100H91Co3N8O10-. The molecule has 0 amide bonds. The minimum atomic E-state index is -0.833. The van der Waals surface area contributed by atoms with E-state index in [0.29, 0.717) is 93.1 Å². The summed E-state index contributed by atoms with van der Waals surface area (Å²) in [5.41, 5.74) is 18.4. The van der Waals surface area contributed by atoms with Gasteiger partial charge in [-0.15, -0.1) is 11.0 Å². The first-order valence-corrected chi connectivity index (χ1v) is 38.9. The number of aromatic nitrogens is 8. The fourth-order valence-electron chi connectivity index (χ4n) is 14.7. The standard InChI is InChI=1S/C47H40N4O2.C47H39N4O2.3C2H4O2.3Co/c2*1-46(2,3)29-22-31-35-18-20-39(48-35)41(26-10-8-7-9-11-26)40-21-19-36(49-40)32-23-30(47(4,5)6)25-34(45(32)53)38-17-15-28-13-12-27-14-16-37(33(24-29)44(31)52)50-42(27)43(28)51-38;3*1-2(3)4;;;/h7-25,48,52-53H,1-6H3;7-25H,1-6H3,(H2-,48,49,50,51,52,53);3*1H3,(H,3,4);;;/q;-1;;;;;;. The zero-order chi connectivity index (χ0) is 84.4. The van der Waals surface area contributed by atoms with Gasteiger partial charge in [-0.05, 0) is 170 Å². The third kappa shape index (κ3) is 18.6. The zero-order valence-electron chi connectivity index (χ0n) is 69.4. The van der Waals surface area contributed by atoms with Crippen molar-refractivity contribution in [2.45, 2.75) is 126 Å². The van der Waals surface area contributed by atoms with Crippen molar-refractivity contribution < 1.29 is 100 Å². The van der Waals surface area contributed by atoms with Gasteiger partial charge in [0.15, 0.2) is 0 Å². The van der Waals surface area contributed by atoms with Crippen LogP contribution >= 0.6 is 0 Å². The van der Waals surface area contributed by atoms with Crippen LogP contribution in [0.3, 0.4) is 0 Å². The average molecular weight is 1740 g/mol. The van der Waals surface area contributed by atoms with Crippen LogP contribution in [-0.4, -0.2) is 88.5 Å². The van der Waals surface area contributed by atoms with Crippen LogP contribution in [0.5, 0.6) is 23.0 Å². The van der Waals surface area contributed by atoms with Crippen molar-refractivity contribution in [1.29, 1.82) is 0 Å². The van der Waals surface area contributed by atoms with Crippen molar-refractivity contribution in [2.75, 3.05) is 0 Å². The van der Waals surface area contributed by atoms with E-state index in [0.717, 1.165) is 126 Å². The number of aliphatic carboxylic acids is 3. The Morgan fingerprint density at radius 1 is 0.298 bits per heavy atom. The van der Waals surface area contributed by atoms with Crippen molar-refractivity contribution in [3.05, 3.63) is 251 Å². The molecule has 16 aromatic rings. The summed E-state index contributed by atoms with van der Waals surface area (Å²) in [6, 6.07) is 68.9. The third-order valence-corrected chi connectivity index (χ3v) is 20.9. The summed E-state index contributed by atoms with van der Waals surface area (Å²) >= 11 is 0. The number of pyridine rings is 4. The molecule has 10 heterocycles. The Morgan fingerprint density at radius 3 is 0.909 bits per heavy atom. The number of rotatable bonds is 2. The van der Waals surface area contributed by atoms with Crippen LogP contribution in [-0.2, 0) is 86.4 Å². The summed E-state index contributed by atoms with van der Waals surface area (Å²) < 4.78 is 0. The van der Waals surface area contributed by atoms with Crippen molar-refractivity contribution >= 4 is 173 Å². The van der Waals surface area contributed by atoms with E-state index in [1.54, 1.807) is 0 Å². The molecule has 18 rings (SSSR count). The summed E-state index contributed by atoms with van der Waals surface area (Å²) in [5.74, 6) is -1.99. The second kappa shape index (κ2) is 35.0. The molecule has 3 radical (unpaired) electrons. The Morgan fingerprint density at radius 2 is 0.562 bits per heavy atom. The van der Waals surface area contributed by atoms with Crippen molar-refractivity contribution in [3.8, 4) is 45.3 Å². The maximum absolute atomic E-state index is 12.1. The van der Waals surface area contributed by atoms with Crippen LogP contribution in [0, 0.1) is 0 Å². The molecule has 0 aliphatic carbocycles. The molecule has 2 aliphatic rings. The quantitative estimate of drug-likeness (QED) is 0.0746. The number of hydrogen-bond donors (Lipinski definition) is 8.